The molecule has 1 rings (SSSR count). The Kier molecular flexibility index (Phi) is 7.32. The van der Waals surface area contributed by atoms with Crippen LogP contribution in [0.2, 0.25) is 5.02 Å². The molecular formula is C15H20BrClN2O3. The first kappa shape index (κ1) is 18.9. The van der Waals surface area contributed by atoms with Gasteiger partial charge < -0.3 is 10.4 Å². The van der Waals surface area contributed by atoms with Gasteiger partial charge in [0.2, 0.25) is 5.91 Å². The first-order valence-corrected chi connectivity index (χ1v) is 8.05. The Morgan fingerprint density at radius 3 is 2.64 bits per heavy atom. The molecule has 0 aliphatic rings. The van der Waals surface area contributed by atoms with Crippen molar-refractivity contribution in [1.29, 1.82) is 0 Å². The van der Waals surface area contributed by atoms with Gasteiger partial charge in [-0.25, -0.2) is 0 Å². The minimum absolute atomic E-state index is 0.137. The number of benzene rings is 1. The molecule has 0 saturated heterocycles. The zero-order valence-electron chi connectivity index (χ0n) is 12.8. The highest BCUT2D eigenvalue weighted by Crippen LogP contribution is 2.26. The second kappa shape index (κ2) is 8.50. The third-order valence-corrected chi connectivity index (χ3v) is 4.52. The third-order valence-electron chi connectivity index (χ3n) is 3.38. The van der Waals surface area contributed by atoms with Crippen LogP contribution in [0, 0.1) is 6.92 Å². The summed E-state index contributed by atoms with van der Waals surface area (Å²) >= 11 is 9.63. The number of aliphatic carboxylic acids is 1. The first-order valence-electron chi connectivity index (χ1n) is 6.88. The lowest BCUT2D eigenvalue weighted by molar-refractivity contribution is -0.142. The maximum atomic E-state index is 11.3. The molecular weight excluding hydrogens is 372 g/mol. The fraction of sp³-hybridized carbons (Fsp3) is 0.467. The number of aryl methyl sites for hydroxylation is 1. The van der Waals surface area contributed by atoms with E-state index < -0.39 is 12.0 Å². The number of hydrogen-bond donors (Lipinski definition) is 2. The van der Waals surface area contributed by atoms with Crippen LogP contribution in [0.5, 0.6) is 0 Å². The highest BCUT2D eigenvalue weighted by molar-refractivity contribution is 9.10. The standard InChI is InChI=1S/C15H20BrClN2O3/c1-9-6-13(16)12(7-14(9)17)8-19(10(2)15(21)22)5-4-18-11(3)20/h6-7,10H,4-5,8H2,1-3H3,(H,18,20)(H,21,22). The van der Waals surface area contributed by atoms with Crippen LogP contribution in [0.3, 0.4) is 0 Å². The molecule has 5 nitrogen and oxygen atoms in total. The van der Waals surface area contributed by atoms with E-state index in [1.807, 2.05) is 19.1 Å². The van der Waals surface area contributed by atoms with Crippen LogP contribution < -0.4 is 5.32 Å². The van der Waals surface area contributed by atoms with E-state index >= 15 is 0 Å². The van der Waals surface area contributed by atoms with Crippen molar-refractivity contribution in [1.82, 2.24) is 10.2 Å². The lowest BCUT2D eigenvalue weighted by Gasteiger charge is -2.27. The van der Waals surface area contributed by atoms with Gasteiger partial charge >= 0.3 is 5.97 Å². The monoisotopic (exact) mass is 390 g/mol. The number of carboxylic acid groups (broad SMARTS) is 1. The van der Waals surface area contributed by atoms with Gasteiger partial charge in [-0.05, 0) is 37.1 Å². The molecule has 1 atom stereocenters. The predicted molar refractivity (Wildman–Crippen MR) is 90.1 cm³/mol. The van der Waals surface area contributed by atoms with Crippen LogP contribution in [0.1, 0.15) is 25.0 Å². The van der Waals surface area contributed by atoms with Crippen LogP contribution in [-0.4, -0.2) is 41.0 Å². The number of carboxylic acids is 1. The SMILES string of the molecule is CC(=O)NCCN(Cc1cc(Cl)c(C)cc1Br)C(C)C(=O)O. The van der Waals surface area contributed by atoms with Crippen molar-refractivity contribution < 1.29 is 14.7 Å². The minimum Gasteiger partial charge on any atom is -0.480 e. The summed E-state index contributed by atoms with van der Waals surface area (Å²) < 4.78 is 0.886. The van der Waals surface area contributed by atoms with Gasteiger partial charge in [0.1, 0.15) is 6.04 Å². The molecule has 122 valence electrons. The molecule has 1 aromatic rings. The van der Waals surface area contributed by atoms with Crippen molar-refractivity contribution in [2.75, 3.05) is 13.1 Å². The summed E-state index contributed by atoms with van der Waals surface area (Å²) in [7, 11) is 0. The molecule has 0 aliphatic heterocycles. The van der Waals surface area contributed by atoms with E-state index in [4.69, 9.17) is 11.6 Å². The van der Waals surface area contributed by atoms with E-state index in [9.17, 15) is 14.7 Å². The highest BCUT2D eigenvalue weighted by Gasteiger charge is 2.21. The van der Waals surface area contributed by atoms with E-state index in [1.165, 1.54) is 6.92 Å². The molecule has 0 fully saturated rings. The number of halogens is 2. The van der Waals surface area contributed by atoms with Crippen molar-refractivity contribution in [2.24, 2.45) is 0 Å². The molecule has 1 unspecified atom stereocenters. The number of rotatable bonds is 7. The van der Waals surface area contributed by atoms with Gasteiger partial charge in [0.25, 0.3) is 0 Å². The summed E-state index contributed by atoms with van der Waals surface area (Å²) in [5.41, 5.74) is 1.86. The number of carbonyl (C=O) groups is 2. The predicted octanol–water partition coefficient (Wildman–Crippen LogP) is 2.82. The molecule has 0 aliphatic carbocycles. The van der Waals surface area contributed by atoms with Gasteiger partial charge in [-0.2, -0.15) is 0 Å². The lowest BCUT2D eigenvalue weighted by Crippen LogP contribution is -2.42. The van der Waals surface area contributed by atoms with Gasteiger partial charge in [0, 0.05) is 36.1 Å². The summed E-state index contributed by atoms with van der Waals surface area (Å²) in [6.45, 7) is 6.22. The average Bonchev–Trinajstić information content (AvgIpc) is 2.42. The maximum Gasteiger partial charge on any atom is 0.320 e. The zero-order valence-corrected chi connectivity index (χ0v) is 15.2. The highest BCUT2D eigenvalue weighted by atomic mass is 79.9. The van der Waals surface area contributed by atoms with Crippen LogP contribution in [0.15, 0.2) is 16.6 Å². The number of amides is 1. The van der Waals surface area contributed by atoms with Crippen LogP contribution in [-0.2, 0) is 16.1 Å². The van der Waals surface area contributed by atoms with Gasteiger partial charge in [0.15, 0.2) is 0 Å². The Balaban J connectivity index is 2.90. The number of nitrogens with one attached hydrogen (secondary N) is 1. The molecule has 1 amide bonds. The van der Waals surface area contributed by atoms with Gasteiger partial charge in [-0.15, -0.1) is 0 Å². The van der Waals surface area contributed by atoms with Crippen LogP contribution in [0.25, 0.3) is 0 Å². The average molecular weight is 392 g/mol. The van der Waals surface area contributed by atoms with Crippen molar-refractivity contribution in [3.05, 3.63) is 32.8 Å². The third kappa shape index (κ3) is 5.59. The minimum atomic E-state index is -0.905. The molecule has 0 spiro atoms. The summed E-state index contributed by atoms with van der Waals surface area (Å²) in [6.07, 6.45) is 0. The van der Waals surface area contributed by atoms with Crippen LogP contribution >= 0.6 is 27.5 Å². The maximum absolute atomic E-state index is 11.3. The summed E-state index contributed by atoms with van der Waals surface area (Å²) in [5.74, 6) is -1.04. The fourth-order valence-electron chi connectivity index (χ4n) is 1.97. The van der Waals surface area contributed by atoms with Gasteiger partial charge in [-0.3, -0.25) is 14.5 Å². The quantitative estimate of drug-likeness (QED) is 0.750. The van der Waals surface area contributed by atoms with Crippen LogP contribution in [0.4, 0.5) is 0 Å². The van der Waals surface area contributed by atoms with Gasteiger partial charge in [-0.1, -0.05) is 27.5 Å². The molecule has 1 aromatic carbocycles. The second-order valence-corrected chi connectivity index (χ2v) is 6.42. The Bertz CT molecular complexity index is 566. The van der Waals surface area contributed by atoms with E-state index in [0.717, 1.165) is 15.6 Å². The molecule has 2 N–H and O–H groups in total. The first-order chi connectivity index (χ1) is 10.2. The van der Waals surface area contributed by atoms with Gasteiger partial charge in [0.05, 0.1) is 0 Å². The Morgan fingerprint density at radius 2 is 2.09 bits per heavy atom. The molecule has 0 radical (unpaired) electrons. The van der Waals surface area contributed by atoms with Crippen molar-refractivity contribution >= 4 is 39.4 Å². The summed E-state index contributed by atoms with van der Waals surface area (Å²) in [6, 6.07) is 3.08. The second-order valence-electron chi connectivity index (χ2n) is 5.16. The number of carbonyl (C=O) groups excluding carboxylic acids is 1. The number of hydrogen-bond acceptors (Lipinski definition) is 3. The Morgan fingerprint density at radius 1 is 1.45 bits per heavy atom. The normalized spacial score (nSPS) is 12.3. The summed E-state index contributed by atoms with van der Waals surface area (Å²) in [5, 5.41) is 12.6. The van der Waals surface area contributed by atoms with E-state index in [-0.39, 0.29) is 5.91 Å². The van der Waals surface area contributed by atoms with Crippen molar-refractivity contribution in [3.8, 4) is 0 Å². The molecule has 22 heavy (non-hydrogen) atoms. The molecule has 0 aromatic heterocycles. The topological polar surface area (TPSA) is 69.6 Å². The Labute approximate surface area is 143 Å². The molecule has 0 heterocycles. The van der Waals surface area contributed by atoms with Crippen molar-refractivity contribution in [2.45, 2.75) is 33.4 Å². The Hall–Kier alpha value is -1.11. The summed E-state index contributed by atoms with van der Waals surface area (Å²) in [4.78, 5) is 24.0. The van der Waals surface area contributed by atoms with E-state index in [0.29, 0.717) is 24.7 Å². The molecule has 7 heteroatoms. The fourth-order valence-corrected chi connectivity index (χ4v) is 2.74. The zero-order chi connectivity index (χ0) is 16.9. The van der Waals surface area contributed by atoms with Crippen molar-refractivity contribution in [3.63, 3.8) is 0 Å². The number of nitrogens with zero attached hydrogens (tertiary/aromatic N) is 1. The largest absolute Gasteiger partial charge is 0.480 e. The molecule has 0 saturated carbocycles. The molecule has 0 bridgehead atoms. The van der Waals surface area contributed by atoms with E-state index in [2.05, 4.69) is 21.2 Å². The lowest BCUT2D eigenvalue weighted by atomic mass is 10.1. The van der Waals surface area contributed by atoms with E-state index in [1.54, 1.807) is 11.8 Å². The smallest absolute Gasteiger partial charge is 0.320 e.